The Kier molecular flexibility index (Phi) is 8.04. The summed E-state index contributed by atoms with van der Waals surface area (Å²) in [6.45, 7) is 17.5. The van der Waals surface area contributed by atoms with Gasteiger partial charge in [-0.1, -0.05) is 78.8 Å². The lowest BCUT2D eigenvalue weighted by Gasteiger charge is -2.72. The van der Waals surface area contributed by atoms with Gasteiger partial charge in [-0.25, -0.2) is 0 Å². The molecule has 0 unspecified atom stereocenters. The molecule has 8 atom stereocenters. The normalized spacial score (nSPS) is 39.5. The summed E-state index contributed by atoms with van der Waals surface area (Å²) in [4.78, 5) is 53.0. The molecule has 1 aromatic carbocycles. The summed E-state index contributed by atoms with van der Waals surface area (Å²) in [6.07, 6.45) is 7.65. The fourth-order valence-electron chi connectivity index (χ4n) is 12.2. The number of esters is 2. The summed E-state index contributed by atoms with van der Waals surface area (Å²) in [5, 5.41) is 0. The van der Waals surface area contributed by atoms with Gasteiger partial charge in [0.05, 0.1) is 5.41 Å². The van der Waals surface area contributed by atoms with Crippen molar-refractivity contribution in [3.63, 3.8) is 0 Å². The molecule has 6 heteroatoms. The highest BCUT2D eigenvalue weighted by Gasteiger charge is 2.71. The molecule has 46 heavy (non-hydrogen) atoms. The van der Waals surface area contributed by atoms with Crippen molar-refractivity contribution in [1.29, 1.82) is 0 Å². The molecule has 0 saturated heterocycles. The first-order chi connectivity index (χ1) is 21.5. The van der Waals surface area contributed by atoms with E-state index in [1.165, 1.54) is 6.92 Å². The molecule has 0 aliphatic heterocycles. The minimum Gasteiger partial charge on any atom is -0.462 e. The Morgan fingerprint density at radius 1 is 0.848 bits per heavy atom. The van der Waals surface area contributed by atoms with Crippen LogP contribution < -0.4 is 0 Å². The van der Waals surface area contributed by atoms with E-state index in [0.717, 1.165) is 56.1 Å². The molecule has 5 aliphatic rings. The second kappa shape index (κ2) is 11.2. The summed E-state index contributed by atoms with van der Waals surface area (Å²) < 4.78 is 11.8. The highest BCUT2D eigenvalue weighted by atomic mass is 16.5. The highest BCUT2D eigenvalue weighted by molar-refractivity contribution is 6.06. The minimum absolute atomic E-state index is 0.0154. The average molecular weight is 631 g/mol. The molecule has 0 amide bonds. The number of fused-ring (bicyclic) bond motifs is 7. The third-order valence-electron chi connectivity index (χ3n) is 14.5. The lowest BCUT2D eigenvalue weighted by atomic mass is 9.33. The van der Waals surface area contributed by atoms with E-state index in [0.29, 0.717) is 23.8 Å². The Bertz CT molecular complexity index is 1470. The molecule has 250 valence electrons. The van der Waals surface area contributed by atoms with Gasteiger partial charge in [0.1, 0.15) is 6.10 Å². The maximum Gasteiger partial charge on any atom is 0.317 e. The van der Waals surface area contributed by atoms with Gasteiger partial charge in [-0.05, 0) is 102 Å². The van der Waals surface area contributed by atoms with E-state index < -0.39 is 11.4 Å². The number of Topliss-reactive ketones (excluding diaryl/α,β-unsaturated/α-hetero) is 2. The maximum absolute atomic E-state index is 14.2. The van der Waals surface area contributed by atoms with E-state index in [1.807, 2.05) is 6.07 Å². The molecular formula is C40H54O6. The van der Waals surface area contributed by atoms with E-state index in [9.17, 15) is 19.2 Å². The predicted molar refractivity (Wildman–Crippen MR) is 177 cm³/mol. The van der Waals surface area contributed by atoms with Crippen LogP contribution in [0.1, 0.15) is 124 Å². The highest BCUT2D eigenvalue weighted by Crippen LogP contribution is 2.76. The van der Waals surface area contributed by atoms with Crippen molar-refractivity contribution in [3.05, 3.63) is 47.0 Å². The van der Waals surface area contributed by atoms with Crippen LogP contribution in [0.5, 0.6) is 0 Å². The first-order valence-corrected chi connectivity index (χ1v) is 17.7. The molecule has 4 saturated carbocycles. The number of hydrogen-bond donors (Lipinski definition) is 0. The molecule has 5 aliphatic carbocycles. The quantitative estimate of drug-likeness (QED) is 0.232. The Labute approximate surface area is 275 Å². The zero-order valence-electron chi connectivity index (χ0n) is 29.3. The third-order valence-corrected chi connectivity index (χ3v) is 14.5. The molecule has 0 aromatic heterocycles. The second-order valence-corrected chi connectivity index (χ2v) is 17.1. The number of hydrogen-bond acceptors (Lipinski definition) is 6. The maximum atomic E-state index is 14.2. The number of benzene rings is 1. The van der Waals surface area contributed by atoms with Gasteiger partial charge >= 0.3 is 11.9 Å². The summed E-state index contributed by atoms with van der Waals surface area (Å²) in [7, 11) is 0. The number of carbonyl (C=O) groups is 4. The minimum atomic E-state index is -0.980. The molecule has 1 aromatic rings. The van der Waals surface area contributed by atoms with Gasteiger partial charge in [0.15, 0.2) is 18.2 Å². The number of allylic oxidation sites excluding steroid dienone is 1. The van der Waals surface area contributed by atoms with Crippen LogP contribution in [0.4, 0.5) is 0 Å². The lowest BCUT2D eigenvalue weighted by molar-refractivity contribution is -0.233. The number of rotatable bonds is 6. The van der Waals surface area contributed by atoms with Crippen molar-refractivity contribution in [1.82, 2.24) is 0 Å². The van der Waals surface area contributed by atoms with E-state index in [4.69, 9.17) is 9.47 Å². The number of ether oxygens (including phenoxy) is 2. The van der Waals surface area contributed by atoms with E-state index in [-0.39, 0.29) is 70.2 Å². The zero-order chi connectivity index (χ0) is 33.4. The Morgan fingerprint density at radius 2 is 1.54 bits per heavy atom. The lowest BCUT2D eigenvalue weighted by Crippen LogP contribution is -2.66. The molecule has 0 spiro atoms. The van der Waals surface area contributed by atoms with E-state index >= 15 is 0 Å². The first-order valence-electron chi connectivity index (χ1n) is 17.7. The van der Waals surface area contributed by atoms with Crippen LogP contribution in [0.15, 0.2) is 41.5 Å². The molecular weight excluding hydrogens is 576 g/mol. The molecule has 0 bridgehead atoms. The van der Waals surface area contributed by atoms with Crippen LogP contribution in [0.25, 0.3) is 0 Å². The summed E-state index contributed by atoms with van der Waals surface area (Å²) in [5.41, 5.74) is 1.39. The van der Waals surface area contributed by atoms with Crippen molar-refractivity contribution in [3.8, 4) is 0 Å². The largest absolute Gasteiger partial charge is 0.462 e. The van der Waals surface area contributed by atoms with Crippen LogP contribution >= 0.6 is 0 Å². The summed E-state index contributed by atoms with van der Waals surface area (Å²) in [5.74, 6) is 0.352. The smallest absolute Gasteiger partial charge is 0.317 e. The molecule has 0 radical (unpaired) electrons. The number of ketones is 2. The average Bonchev–Trinajstić information content (AvgIpc) is 3.31. The van der Waals surface area contributed by atoms with Crippen LogP contribution in [-0.4, -0.2) is 36.2 Å². The Morgan fingerprint density at radius 3 is 2.20 bits per heavy atom. The Hall–Kier alpha value is -2.76. The molecule has 4 fully saturated rings. The third kappa shape index (κ3) is 4.62. The van der Waals surface area contributed by atoms with Gasteiger partial charge in [0.25, 0.3) is 0 Å². The first kappa shape index (κ1) is 33.2. The SMILES string of the molecule is CC(=O)O[C@H]1CC[C@]2(C)[C@H]3CC[C@@H]4C5=C(C(C)C)C(=O)C[C@]5(C(=O)OCC(=O)c5ccccc5)CC[C@@]4(C)[C@]3(C)CC[C@H]2C1(C)C. The Balaban J connectivity index is 1.33. The van der Waals surface area contributed by atoms with Crippen LogP contribution in [-0.2, 0) is 23.9 Å². The molecule has 0 heterocycles. The van der Waals surface area contributed by atoms with Gasteiger partial charge in [0.2, 0.25) is 0 Å². The fraction of sp³-hybridized carbons (Fsp3) is 0.700. The van der Waals surface area contributed by atoms with Crippen LogP contribution in [0.2, 0.25) is 0 Å². The topological polar surface area (TPSA) is 86.7 Å². The van der Waals surface area contributed by atoms with Gasteiger partial charge in [-0.3, -0.25) is 19.2 Å². The molecule has 6 rings (SSSR count). The predicted octanol–water partition coefficient (Wildman–Crippen LogP) is 8.32. The second-order valence-electron chi connectivity index (χ2n) is 17.1. The summed E-state index contributed by atoms with van der Waals surface area (Å²) >= 11 is 0. The standard InChI is InChI=1S/C40H54O6/c1-24(2)33-28(42)22-40(35(44)45-23-29(43)26-12-10-9-11-13-26)21-20-38(7)27(34(33)40)14-15-31-37(6)18-17-32(46-25(3)41)36(4,5)30(37)16-19-39(31,38)8/h9-13,24,27,30-32H,14-23H2,1-8H3/t27-,30+,31-,32+,37+,38-,39-,40-/m1/s1. The van der Waals surface area contributed by atoms with Crippen LogP contribution in [0.3, 0.4) is 0 Å². The molecule has 6 nitrogen and oxygen atoms in total. The van der Waals surface area contributed by atoms with Crippen molar-refractivity contribution in [2.45, 2.75) is 119 Å². The van der Waals surface area contributed by atoms with Gasteiger partial charge in [0, 0.05) is 24.3 Å². The molecule has 0 N–H and O–H groups in total. The van der Waals surface area contributed by atoms with Crippen molar-refractivity contribution in [2.24, 2.45) is 50.7 Å². The zero-order valence-corrected chi connectivity index (χ0v) is 29.3. The fourth-order valence-corrected chi connectivity index (χ4v) is 12.2. The summed E-state index contributed by atoms with van der Waals surface area (Å²) in [6, 6.07) is 8.93. The van der Waals surface area contributed by atoms with Crippen molar-refractivity contribution in [2.75, 3.05) is 6.61 Å². The van der Waals surface area contributed by atoms with Crippen molar-refractivity contribution < 1.29 is 28.7 Å². The number of carbonyl (C=O) groups excluding carboxylic acids is 4. The monoisotopic (exact) mass is 630 g/mol. The van der Waals surface area contributed by atoms with Crippen LogP contribution in [0, 0.1) is 50.7 Å². The van der Waals surface area contributed by atoms with Gasteiger partial charge < -0.3 is 9.47 Å². The van der Waals surface area contributed by atoms with E-state index in [2.05, 4.69) is 48.5 Å². The van der Waals surface area contributed by atoms with Gasteiger partial charge in [-0.2, -0.15) is 0 Å². The van der Waals surface area contributed by atoms with E-state index in [1.54, 1.807) is 24.3 Å². The van der Waals surface area contributed by atoms with Gasteiger partial charge in [-0.15, -0.1) is 0 Å². The van der Waals surface area contributed by atoms with Crippen molar-refractivity contribution >= 4 is 23.5 Å².